The SMILES string of the molecule is COC(=O)c1cc(OCCCNC(=O)c2ccccc2F)c(OC)cc1[N+](=O)[O-]. The van der Waals surface area contributed by atoms with Crippen molar-refractivity contribution in [3.05, 3.63) is 63.5 Å². The Kier molecular flexibility index (Phi) is 7.47. The van der Waals surface area contributed by atoms with Crippen molar-refractivity contribution in [1.82, 2.24) is 5.32 Å². The number of nitro groups is 1. The maximum absolute atomic E-state index is 13.6. The number of methoxy groups -OCH3 is 2. The number of hydrogen-bond donors (Lipinski definition) is 1. The minimum Gasteiger partial charge on any atom is -0.493 e. The molecule has 0 atom stereocenters. The molecule has 0 aliphatic rings. The van der Waals surface area contributed by atoms with E-state index < -0.39 is 28.3 Å². The van der Waals surface area contributed by atoms with Gasteiger partial charge in [0.05, 0.1) is 37.4 Å². The number of amides is 1. The molecule has 10 heteroatoms. The number of carbonyl (C=O) groups is 2. The van der Waals surface area contributed by atoms with E-state index in [-0.39, 0.29) is 35.8 Å². The Balaban J connectivity index is 1.99. The molecule has 9 nitrogen and oxygen atoms in total. The van der Waals surface area contributed by atoms with Gasteiger partial charge in [0.25, 0.3) is 11.6 Å². The predicted molar refractivity (Wildman–Crippen MR) is 99.8 cm³/mol. The average Bonchev–Trinajstić information content (AvgIpc) is 2.72. The second-order valence-corrected chi connectivity index (χ2v) is 5.71. The standard InChI is InChI=1S/C19H19FN2O7/c1-27-16-11-15(22(25)26)13(19(24)28-2)10-17(16)29-9-5-8-21-18(23)12-6-3-4-7-14(12)20/h3-4,6-7,10-11H,5,8-9H2,1-2H3,(H,21,23). The lowest BCUT2D eigenvalue weighted by molar-refractivity contribution is -0.385. The summed E-state index contributed by atoms with van der Waals surface area (Å²) in [7, 11) is 2.41. The summed E-state index contributed by atoms with van der Waals surface area (Å²) in [5.74, 6) is -1.88. The Hall–Kier alpha value is -3.69. The van der Waals surface area contributed by atoms with Gasteiger partial charge in [0.1, 0.15) is 11.4 Å². The molecule has 1 N–H and O–H groups in total. The van der Waals surface area contributed by atoms with Gasteiger partial charge in [0.2, 0.25) is 0 Å². The number of nitrogens with zero attached hydrogens (tertiary/aromatic N) is 1. The van der Waals surface area contributed by atoms with Crippen LogP contribution in [-0.4, -0.2) is 44.2 Å². The van der Waals surface area contributed by atoms with Crippen LogP contribution in [0.15, 0.2) is 36.4 Å². The highest BCUT2D eigenvalue weighted by Crippen LogP contribution is 2.35. The number of esters is 1. The van der Waals surface area contributed by atoms with Crippen LogP contribution in [0, 0.1) is 15.9 Å². The number of benzene rings is 2. The average molecular weight is 406 g/mol. The third-order valence-corrected chi connectivity index (χ3v) is 3.87. The molecule has 0 spiro atoms. The van der Waals surface area contributed by atoms with Crippen LogP contribution in [0.2, 0.25) is 0 Å². The van der Waals surface area contributed by atoms with Crippen LogP contribution in [0.25, 0.3) is 0 Å². The van der Waals surface area contributed by atoms with Crippen LogP contribution >= 0.6 is 0 Å². The van der Waals surface area contributed by atoms with Gasteiger partial charge in [-0.2, -0.15) is 0 Å². The van der Waals surface area contributed by atoms with Crippen molar-refractivity contribution in [2.24, 2.45) is 0 Å². The van der Waals surface area contributed by atoms with E-state index in [9.17, 15) is 24.1 Å². The summed E-state index contributed by atoms with van der Waals surface area (Å²) in [4.78, 5) is 34.2. The molecule has 0 saturated carbocycles. The molecule has 2 aromatic carbocycles. The first-order chi connectivity index (χ1) is 13.9. The molecule has 0 aromatic heterocycles. The van der Waals surface area contributed by atoms with Crippen LogP contribution < -0.4 is 14.8 Å². The lowest BCUT2D eigenvalue weighted by atomic mass is 10.1. The van der Waals surface area contributed by atoms with Crippen LogP contribution in [0.1, 0.15) is 27.1 Å². The van der Waals surface area contributed by atoms with Gasteiger partial charge in [0, 0.05) is 12.6 Å². The zero-order chi connectivity index (χ0) is 21.4. The highest BCUT2D eigenvalue weighted by molar-refractivity contribution is 5.95. The number of nitrogens with one attached hydrogen (secondary N) is 1. The zero-order valence-electron chi connectivity index (χ0n) is 15.8. The molecule has 0 fully saturated rings. The van der Waals surface area contributed by atoms with E-state index in [0.29, 0.717) is 6.42 Å². The minimum atomic E-state index is -0.888. The summed E-state index contributed by atoms with van der Waals surface area (Å²) in [6.45, 7) is 0.304. The van der Waals surface area contributed by atoms with Gasteiger partial charge in [-0.3, -0.25) is 14.9 Å². The van der Waals surface area contributed by atoms with Crippen molar-refractivity contribution in [3.8, 4) is 11.5 Å². The molecule has 0 saturated heterocycles. The normalized spacial score (nSPS) is 10.2. The van der Waals surface area contributed by atoms with Gasteiger partial charge in [0.15, 0.2) is 11.5 Å². The molecule has 0 unspecified atom stereocenters. The van der Waals surface area contributed by atoms with Crippen molar-refractivity contribution in [1.29, 1.82) is 0 Å². The fraction of sp³-hybridized carbons (Fsp3) is 0.263. The van der Waals surface area contributed by atoms with Gasteiger partial charge in [-0.25, -0.2) is 9.18 Å². The molecule has 0 heterocycles. The first-order valence-electron chi connectivity index (χ1n) is 8.49. The monoisotopic (exact) mass is 406 g/mol. The summed E-state index contributed by atoms with van der Waals surface area (Å²) < 4.78 is 28.7. The third kappa shape index (κ3) is 5.41. The molecule has 0 aliphatic heterocycles. The molecule has 2 aromatic rings. The van der Waals surface area contributed by atoms with E-state index in [0.717, 1.165) is 13.2 Å². The van der Waals surface area contributed by atoms with E-state index in [1.807, 2.05) is 0 Å². The summed E-state index contributed by atoms with van der Waals surface area (Å²) in [5.41, 5.74) is -0.812. The topological polar surface area (TPSA) is 117 Å². The molecule has 0 aliphatic carbocycles. The Labute approximate surface area is 165 Å². The summed E-state index contributed by atoms with van der Waals surface area (Å²) in [6.07, 6.45) is 0.355. The fourth-order valence-electron chi connectivity index (χ4n) is 2.44. The molecular formula is C19H19FN2O7. The zero-order valence-corrected chi connectivity index (χ0v) is 15.8. The van der Waals surface area contributed by atoms with Crippen LogP contribution in [0.5, 0.6) is 11.5 Å². The third-order valence-electron chi connectivity index (χ3n) is 3.87. The number of ether oxygens (including phenoxy) is 3. The lowest BCUT2D eigenvalue weighted by Crippen LogP contribution is -2.26. The number of halogens is 1. The summed E-state index contributed by atoms with van der Waals surface area (Å²) in [6, 6.07) is 7.85. The Morgan fingerprint density at radius 3 is 2.48 bits per heavy atom. The molecule has 0 bridgehead atoms. The highest BCUT2D eigenvalue weighted by atomic mass is 19.1. The molecule has 1 amide bonds. The molecule has 29 heavy (non-hydrogen) atoms. The summed E-state index contributed by atoms with van der Waals surface area (Å²) >= 11 is 0. The maximum atomic E-state index is 13.6. The van der Waals surface area contributed by atoms with Gasteiger partial charge < -0.3 is 19.5 Å². The number of hydrogen-bond acceptors (Lipinski definition) is 7. The van der Waals surface area contributed by atoms with Crippen molar-refractivity contribution in [2.75, 3.05) is 27.4 Å². The molecule has 154 valence electrons. The van der Waals surface area contributed by atoms with Crippen molar-refractivity contribution >= 4 is 17.6 Å². The van der Waals surface area contributed by atoms with E-state index in [4.69, 9.17) is 9.47 Å². The molecule has 0 radical (unpaired) electrons. The van der Waals surface area contributed by atoms with Gasteiger partial charge in [-0.1, -0.05) is 12.1 Å². The first-order valence-corrected chi connectivity index (χ1v) is 8.49. The van der Waals surface area contributed by atoms with E-state index in [1.54, 1.807) is 6.07 Å². The van der Waals surface area contributed by atoms with Crippen LogP contribution in [0.3, 0.4) is 0 Å². The number of rotatable bonds is 9. The second kappa shape index (κ2) is 10.0. The van der Waals surface area contributed by atoms with Crippen LogP contribution in [-0.2, 0) is 4.74 Å². The van der Waals surface area contributed by atoms with Crippen molar-refractivity contribution < 1.29 is 33.1 Å². The van der Waals surface area contributed by atoms with E-state index in [2.05, 4.69) is 10.1 Å². The molecular weight excluding hydrogens is 387 g/mol. The minimum absolute atomic E-state index is 0.0619. The summed E-state index contributed by atoms with van der Waals surface area (Å²) in [5, 5.41) is 13.7. The smallest absolute Gasteiger partial charge is 0.345 e. The Bertz CT molecular complexity index is 917. The maximum Gasteiger partial charge on any atom is 0.345 e. The number of nitro benzene ring substituents is 1. The van der Waals surface area contributed by atoms with Crippen molar-refractivity contribution in [3.63, 3.8) is 0 Å². The quantitative estimate of drug-likeness (QED) is 0.294. The Morgan fingerprint density at radius 1 is 1.14 bits per heavy atom. The van der Waals surface area contributed by atoms with Gasteiger partial charge in [-0.15, -0.1) is 0 Å². The Morgan fingerprint density at radius 2 is 1.86 bits per heavy atom. The second-order valence-electron chi connectivity index (χ2n) is 5.71. The first kappa shape index (κ1) is 21.6. The van der Waals surface area contributed by atoms with E-state index >= 15 is 0 Å². The van der Waals surface area contributed by atoms with Crippen molar-refractivity contribution in [2.45, 2.75) is 6.42 Å². The van der Waals surface area contributed by atoms with E-state index in [1.165, 1.54) is 31.4 Å². The van der Waals surface area contributed by atoms with Gasteiger partial charge in [-0.05, 0) is 18.6 Å². The lowest BCUT2D eigenvalue weighted by Gasteiger charge is -2.12. The largest absolute Gasteiger partial charge is 0.493 e. The van der Waals surface area contributed by atoms with Gasteiger partial charge >= 0.3 is 5.97 Å². The fourth-order valence-corrected chi connectivity index (χ4v) is 2.44. The molecule has 2 rings (SSSR count). The predicted octanol–water partition coefficient (Wildman–Crippen LogP) is 2.73. The number of carbonyl (C=O) groups excluding carboxylic acids is 2. The highest BCUT2D eigenvalue weighted by Gasteiger charge is 2.25. The van der Waals surface area contributed by atoms with Crippen LogP contribution in [0.4, 0.5) is 10.1 Å².